The lowest BCUT2D eigenvalue weighted by Gasteiger charge is -2.22. The molecule has 1 aliphatic heterocycles. The van der Waals surface area contributed by atoms with Crippen molar-refractivity contribution in [3.8, 4) is 0 Å². The quantitative estimate of drug-likeness (QED) is 0.755. The van der Waals surface area contributed by atoms with Gasteiger partial charge in [0.05, 0.1) is 5.39 Å². The first-order valence-corrected chi connectivity index (χ1v) is 8.55. The Kier molecular flexibility index (Phi) is 4.13. The standard InChI is InChI=1S/C15H20ClN3S/c1-3-11-5-4-7-19(8-6-11)13-12-9-10(2)20-14(12)18-15(16)17-13/h9,11H,3-8H2,1-2H3. The van der Waals surface area contributed by atoms with Crippen molar-refractivity contribution in [2.24, 2.45) is 5.92 Å². The Morgan fingerprint density at radius 1 is 1.35 bits per heavy atom. The van der Waals surface area contributed by atoms with Crippen LogP contribution in [0.25, 0.3) is 10.2 Å². The van der Waals surface area contributed by atoms with Gasteiger partial charge in [-0.25, -0.2) is 4.98 Å². The molecule has 0 spiro atoms. The predicted molar refractivity (Wildman–Crippen MR) is 87.0 cm³/mol. The molecule has 0 amide bonds. The normalized spacial score (nSPS) is 20.4. The maximum atomic E-state index is 6.11. The van der Waals surface area contributed by atoms with Crippen LogP contribution in [0.5, 0.6) is 0 Å². The molecule has 1 aliphatic rings. The van der Waals surface area contributed by atoms with Crippen LogP contribution in [0.1, 0.15) is 37.5 Å². The summed E-state index contributed by atoms with van der Waals surface area (Å²) in [6, 6.07) is 2.19. The minimum atomic E-state index is 0.366. The summed E-state index contributed by atoms with van der Waals surface area (Å²) in [7, 11) is 0. The van der Waals surface area contributed by atoms with E-state index in [1.165, 1.54) is 30.6 Å². The average molecular weight is 310 g/mol. The zero-order valence-corrected chi connectivity index (χ0v) is 13.6. The number of halogens is 1. The highest BCUT2D eigenvalue weighted by molar-refractivity contribution is 7.18. The molecule has 5 heteroatoms. The number of aryl methyl sites for hydroxylation is 1. The monoisotopic (exact) mass is 309 g/mol. The van der Waals surface area contributed by atoms with Crippen LogP contribution in [0.3, 0.4) is 0 Å². The summed E-state index contributed by atoms with van der Waals surface area (Å²) < 4.78 is 0. The molecule has 20 heavy (non-hydrogen) atoms. The Morgan fingerprint density at radius 2 is 2.20 bits per heavy atom. The molecular formula is C15H20ClN3S. The second kappa shape index (κ2) is 5.86. The highest BCUT2D eigenvalue weighted by Gasteiger charge is 2.20. The van der Waals surface area contributed by atoms with Gasteiger partial charge in [0, 0.05) is 18.0 Å². The first kappa shape index (κ1) is 14.1. The van der Waals surface area contributed by atoms with E-state index in [9.17, 15) is 0 Å². The Morgan fingerprint density at radius 3 is 3.00 bits per heavy atom. The van der Waals surface area contributed by atoms with E-state index >= 15 is 0 Å². The first-order valence-electron chi connectivity index (χ1n) is 7.36. The van der Waals surface area contributed by atoms with Gasteiger partial charge in [-0.3, -0.25) is 0 Å². The fraction of sp³-hybridized carbons (Fsp3) is 0.600. The van der Waals surface area contributed by atoms with Crippen LogP contribution in [-0.2, 0) is 0 Å². The van der Waals surface area contributed by atoms with E-state index in [0.717, 1.165) is 35.0 Å². The Bertz CT molecular complexity index is 610. The van der Waals surface area contributed by atoms with E-state index < -0.39 is 0 Å². The van der Waals surface area contributed by atoms with Crippen LogP contribution in [-0.4, -0.2) is 23.1 Å². The van der Waals surface area contributed by atoms with Crippen molar-refractivity contribution < 1.29 is 0 Å². The molecule has 0 radical (unpaired) electrons. The van der Waals surface area contributed by atoms with Crippen LogP contribution >= 0.6 is 22.9 Å². The Labute approximate surface area is 129 Å². The number of hydrogen-bond donors (Lipinski definition) is 0. The molecule has 0 saturated carbocycles. The second-order valence-corrected chi connectivity index (χ2v) is 7.16. The third-order valence-electron chi connectivity index (χ3n) is 4.19. The number of hydrogen-bond acceptors (Lipinski definition) is 4. The highest BCUT2D eigenvalue weighted by Crippen LogP contribution is 2.33. The molecule has 0 N–H and O–H groups in total. The molecule has 2 aromatic rings. The topological polar surface area (TPSA) is 29.0 Å². The summed E-state index contributed by atoms with van der Waals surface area (Å²) in [5, 5.41) is 1.53. The number of fused-ring (bicyclic) bond motifs is 1. The zero-order chi connectivity index (χ0) is 14.1. The number of nitrogens with zero attached hydrogens (tertiary/aromatic N) is 3. The number of aromatic nitrogens is 2. The van der Waals surface area contributed by atoms with Gasteiger partial charge in [-0.2, -0.15) is 4.98 Å². The summed E-state index contributed by atoms with van der Waals surface area (Å²) >= 11 is 7.80. The molecule has 1 unspecified atom stereocenters. The third kappa shape index (κ3) is 2.77. The van der Waals surface area contributed by atoms with Crippen LogP contribution in [0.4, 0.5) is 5.82 Å². The molecule has 2 aromatic heterocycles. The van der Waals surface area contributed by atoms with Crippen molar-refractivity contribution in [2.75, 3.05) is 18.0 Å². The summed E-state index contributed by atoms with van der Waals surface area (Å²) in [5.41, 5.74) is 0. The van der Waals surface area contributed by atoms with Gasteiger partial charge in [-0.15, -0.1) is 11.3 Å². The lowest BCUT2D eigenvalue weighted by Crippen LogP contribution is -2.25. The van der Waals surface area contributed by atoms with Gasteiger partial charge < -0.3 is 4.90 Å². The summed E-state index contributed by atoms with van der Waals surface area (Å²) in [5.74, 6) is 1.89. The third-order valence-corrected chi connectivity index (χ3v) is 5.31. The van der Waals surface area contributed by atoms with Gasteiger partial charge in [0.2, 0.25) is 5.28 Å². The molecule has 1 fully saturated rings. The fourth-order valence-corrected chi connectivity index (χ4v) is 4.12. The molecule has 1 atom stereocenters. The van der Waals surface area contributed by atoms with E-state index in [2.05, 4.69) is 34.8 Å². The molecule has 108 valence electrons. The summed E-state index contributed by atoms with van der Waals surface area (Å²) in [6.07, 6.45) is 5.11. The maximum Gasteiger partial charge on any atom is 0.225 e. The van der Waals surface area contributed by atoms with E-state index in [4.69, 9.17) is 11.6 Å². The summed E-state index contributed by atoms with van der Waals surface area (Å²) in [6.45, 7) is 6.56. The zero-order valence-electron chi connectivity index (χ0n) is 12.0. The number of anilines is 1. The van der Waals surface area contributed by atoms with Crippen LogP contribution in [0.2, 0.25) is 5.28 Å². The van der Waals surface area contributed by atoms with Gasteiger partial charge >= 0.3 is 0 Å². The molecular weight excluding hydrogens is 290 g/mol. The minimum absolute atomic E-state index is 0.366. The van der Waals surface area contributed by atoms with Crippen LogP contribution in [0.15, 0.2) is 6.07 Å². The lowest BCUT2D eigenvalue weighted by molar-refractivity contribution is 0.459. The van der Waals surface area contributed by atoms with E-state index in [1.54, 1.807) is 11.3 Å². The molecule has 0 aromatic carbocycles. The van der Waals surface area contributed by atoms with Crippen molar-refractivity contribution in [3.05, 3.63) is 16.2 Å². The Hall–Kier alpha value is -0.870. The number of rotatable bonds is 2. The van der Waals surface area contributed by atoms with Crippen LogP contribution < -0.4 is 4.90 Å². The van der Waals surface area contributed by atoms with Crippen molar-refractivity contribution in [1.29, 1.82) is 0 Å². The van der Waals surface area contributed by atoms with E-state index in [1.807, 2.05) is 0 Å². The van der Waals surface area contributed by atoms with E-state index in [-0.39, 0.29) is 0 Å². The SMILES string of the molecule is CCC1CCCN(c2nc(Cl)nc3sc(C)cc23)CC1. The van der Waals surface area contributed by atoms with Gasteiger partial charge in [0.15, 0.2) is 0 Å². The Balaban J connectivity index is 1.96. The molecule has 3 rings (SSSR count). The van der Waals surface area contributed by atoms with Crippen LogP contribution in [0, 0.1) is 12.8 Å². The molecule has 3 heterocycles. The largest absolute Gasteiger partial charge is 0.356 e. The van der Waals surface area contributed by atoms with Gasteiger partial charge in [0.1, 0.15) is 10.6 Å². The van der Waals surface area contributed by atoms with Gasteiger partial charge in [-0.05, 0) is 49.8 Å². The fourth-order valence-electron chi connectivity index (χ4n) is 3.03. The van der Waals surface area contributed by atoms with E-state index in [0.29, 0.717) is 5.28 Å². The van der Waals surface area contributed by atoms with Crippen molar-refractivity contribution >= 4 is 39.0 Å². The van der Waals surface area contributed by atoms with Crippen molar-refractivity contribution in [2.45, 2.75) is 39.5 Å². The summed E-state index contributed by atoms with van der Waals surface area (Å²) in [4.78, 5) is 13.5. The smallest absolute Gasteiger partial charge is 0.225 e. The molecule has 0 bridgehead atoms. The first-order chi connectivity index (χ1) is 9.67. The molecule has 1 saturated heterocycles. The van der Waals surface area contributed by atoms with Crippen molar-refractivity contribution in [3.63, 3.8) is 0 Å². The highest BCUT2D eigenvalue weighted by atomic mass is 35.5. The average Bonchev–Trinajstić information content (AvgIpc) is 2.65. The van der Waals surface area contributed by atoms with Gasteiger partial charge in [-0.1, -0.05) is 13.3 Å². The van der Waals surface area contributed by atoms with Crippen molar-refractivity contribution in [1.82, 2.24) is 9.97 Å². The molecule has 0 aliphatic carbocycles. The van der Waals surface area contributed by atoms with Gasteiger partial charge in [0.25, 0.3) is 0 Å². The second-order valence-electron chi connectivity index (χ2n) is 5.58. The maximum absolute atomic E-state index is 6.11. The molecule has 3 nitrogen and oxygen atoms in total. The minimum Gasteiger partial charge on any atom is -0.356 e. The lowest BCUT2D eigenvalue weighted by atomic mass is 9.98. The number of thiophene rings is 1. The predicted octanol–water partition coefficient (Wildman–Crippen LogP) is 4.67.